The first-order chi connectivity index (χ1) is 8.61. The molecule has 0 unspecified atom stereocenters. The summed E-state index contributed by atoms with van der Waals surface area (Å²) in [4.78, 5) is 15.6. The Morgan fingerprint density at radius 2 is 2.28 bits per heavy atom. The summed E-state index contributed by atoms with van der Waals surface area (Å²) in [5, 5.41) is 6.06. The van der Waals surface area contributed by atoms with Crippen molar-refractivity contribution in [2.45, 2.75) is 32.9 Å². The lowest BCUT2D eigenvalue weighted by Crippen LogP contribution is -2.30. The summed E-state index contributed by atoms with van der Waals surface area (Å²) < 4.78 is 5.02. The van der Waals surface area contributed by atoms with Gasteiger partial charge >= 0.3 is 0 Å². The number of nitrogens with zero attached hydrogens (tertiary/aromatic N) is 1. The van der Waals surface area contributed by atoms with Crippen LogP contribution < -0.4 is 15.4 Å². The topological polar surface area (TPSA) is 63.2 Å². The Balaban J connectivity index is 2.29. The minimum absolute atomic E-state index is 0.0407. The number of hydrogen-bond acceptors (Lipinski definition) is 4. The predicted octanol–water partition coefficient (Wildman–Crippen LogP) is 1.09. The van der Waals surface area contributed by atoms with Gasteiger partial charge in [-0.15, -0.1) is 0 Å². The number of rotatable bonds is 7. The van der Waals surface area contributed by atoms with Crippen molar-refractivity contribution in [1.82, 2.24) is 15.6 Å². The van der Waals surface area contributed by atoms with Crippen LogP contribution in [0, 0.1) is 0 Å². The van der Waals surface area contributed by atoms with Gasteiger partial charge in [0.25, 0.3) is 0 Å². The SMILES string of the molecule is COc1cc(CNC(=O)CCNC(C)C)ccn1. The molecule has 1 heterocycles. The van der Waals surface area contributed by atoms with Crippen molar-refractivity contribution in [1.29, 1.82) is 0 Å². The Hall–Kier alpha value is -1.62. The highest BCUT2D eigenvalue weighted by atomic mass is 16.5. The molecule has 1 aromatic heterocycles. The van der Waals surface area contributed by atoms with Gasteiger partial charge in [-0.2, -0.15) is 0 Å². The molecule has 0 aliphatic heterocycles. The Morgan fingerprint density at radius 1 is 1.50 bits per heavy atom. The lowest BCUT2D eigenvalue weighted by atomic mass is 10.2. The molecule has 1 aromatic rings. The van der Waals surface area contributed by atoms with Crippen molar-refractivity contribution in [3.05, 3.63) is 23.9 Å². The van der Waals surface area contributed by atoms with Crippen molar-refractivity contribution in [3.8, 4) is 5.88 Å². The van der Waals surface area contributed by atoms with E-state index in [1.807, 2.05) is 12.1 Å². The zero-order valence-electron chi connectivity index (χ0n) is 11.2. The molecule has 100 valence electrons. The lowest BCUT2D eigenvalue weighted by Gasteiger charge is -2.09. The smallest absolute Gasteiger partial charge is 0.221 e. The summed E-state index contributed by atoms with van der Waals surface area (Å²) >= 11 is 0. The van der Waals surface area contributed by atoms with E-state index in [-0.39, 0.29) is 5.91 Å². The third-order valence-electron chi connectivity index (χ3n) is 2.40. The van der Waals surface area contributed by atoms with Crippen LogP contribution in [0.25, 0.3) is 0 Å². The van der Waals surface area contributed by atoms with E-state index in [0.717, 1.165) is 5.56 Å². The van der Waals surface area contributed by atoms with Crippen LogP contribution in [0.3, 0.4) is 0 Å². The molecule has 0 spiro atoms. The first kappa shape index (κ1) is 14.4. The second kappa shape index (κ2) is 7.66. The van der Waals surface area contributed by atoms with Crippen LogP contribution in [0.15, 0.2) is 18.3 Å². The van der Waals surface area contributed by atoms with Crippen molar-refractivity contribution in [2.75, 3.05) is 13.7 Å². The molecule has 18 heavy (non-hydrogen) atoms. The highest BCUT2D eigenvalue weighted by Crippen LogP contribution is 2.07. The summed E-state index contributed by atoms with van der Waals surface area (Å²) in [6, 6.07) is 4.07. The van der Waals surface area contributed by atoms with Crippen LogP contribution in [0.4, 0.5) is 0 Å². The zero-order chi connectivity index (χ0) is 13.4. The van der Waals surface area contributed by atoms with Crippen LogP contribution in [0.5, 0.6) is 5.88 Å². The quantitative estimate of drug-likeness (QED) is 0.761. The maximum Gasteiger partial charge on any atom is 0.221 e. The van der Waals surface area contributed by atoms with E-state index >= 15 is 0 Å². The van der Waals surface area contributed by atoms with Gasteiger partial charge < -0.3 is 15.4 Å². The average Bonchev–Trinajstić information content (AvgIpc) is 2.36. The number of pyridine rings is 1. The lowest BCUT2D eigenvalue weighted by molar-refractivity contribution is -0.121. The molecule has 5 heteroatoms. The first-order valence-electron chi connectivity index (χ1n) is 6.11. The summed E-state index contributed by atoms with van der Waals surface area (Å²) in [5.41, 5.74) is 0.979. The van der Waals surface area contributed by atoms with E-state index in [1.54, 1.807) is 13.3 Å². The number of nitrogens with one attached hydrogen (secondary N) is 2. The summed E-state index contributed by atoms with van der Waals surface area (Å²) in [6.07, 6.45) is 2.15. The molecule has 0 aliphatic carbocycles. The molecule has 5 nitrogen and oxygen atoms in total. The highest BCUT2D eigenvalue weighted by Gasteiger charge is 2.02. The minimum atomic E-state index is 0.0407. The third-order valence-corrected chi connectivity index (χ3v) is 2.40. The fourth-order valence-electron chi connectivity index (χ4n) is 1.44. The molecule has 2 N–H and O–H groups in total. The fraction of sp³-hybridized carbons (Fsp3) is 0.538. The molecular formula is C13H21N3O2. The minimum Gasteiger partial charge on any atom is -0.481 e. The van der Waals surface area contributed by atoms with Gasteiger partial charge in [0.15, 0.2) is 0 Å². The molecule has 0 aromatic carbocycles. The largest absolute Gasteiger partial charge is 0.481 e. The second-order valence-electron chi connectivity index (χ2n) is 4.34. The van der Waals surface area contributed by atoms with E-state index in [1.165, 1.54) is 0 Å². The van der Waals surface area contributed by atoms with Crippen LogP contribution in [-0.2, 0) is 11.3 Å². The number of amides is 1. The van der Waals surface area contributed by atoms with Gasteiger partial charge in [0, 0.05) is 37.8 Å². The molecule has 0 fully saturated rings. The molecular weight excluding hydrogens is 230 g/mol. The van der Waals surface area contributed by atoms with Crippen molar-refractivity contribution >= 4 is 5.91 Å². The number of hydrogen-bond donors (Lipinski definition) is 2. The Kier molecular flexibility index (Phi) is 6.14. The molecule has 0 saturated carbocycles. The van der Waals surface area contributed by atoms with Gasteiger partial charge in [0.2, 0.25) is 11.8 Å². The van der Waals surface area contributed by atoms with E-state index in [2.05, 4.69) is 29.5 Å². The van der Waals surface area contributed by atoms with E-state index in [0.29, 0.717) is 31.4 Å². The second-order valence-corrected chi connectivity index (χ2v) is 4.34. The van der Waals surface area contributed by atoms with Gasteiger partial charge in [0.05, 0.1) is 7.11 Å². The van der Waals surface area contributed by atoms with Gasteiger partial charge in [-0.3, -0.25) is 4.79 Å². The molecule has 0 saturated heterocycles. The van der Waals surface area contributed by atoms with E-state index in [9.17, 15) is 4.79 Å². The van der Waals surface area contributed by atoms with Crippen molar-refractivity contribution in [3.63, 3.8) is 0 Å². The predicted molar refractivity (Wildman–Crippen MR) is 70.4 cm³/mol. The van der Waals surface area contributed by atoms with Crippen molar-refractivity contribution in [2.24, 2.45) is 0 Å². The fourth-order valence-corrected chi connectivity index (χ4v) is 1.44. The maximum atomic E-state index is 11.6. The molecule has 1 amide bonds. The molecule has 0 atom stereocenters. The third kappa shape index (κ3) is 5.63. The normalized spacial score (nSPS) is 10.4. The zero-order valence-corrected chi connectivity index (χ0v) is 11.2. The number of ether oxygens (including phenoxy) is 1. The number of aromatic nitrogens is 1. The number of carbonyl (C=O) groups excluding carboxylic acids is 1. The first-order valence-corrected chi connectivity index (χ1v) is 6.11. The summed E-state index contributed by atoms with van der Waals surface area (Å²) in [7, 11) is 1.57. The Labute approximate surface area is 108 Å². The summed E-state index contributed by atoms with van der Waals surface area (Å²) in [6.45, 7) is 5.31. The molecule has 0 radical (unpaired) electrons. The molecule has 1 rings (SSSR count). The van der Waals surface area contributed by atoms with Crippen LogP contribution in [-0.4, -0.2) is 30.6 Å². The standard InChI is InChI=1S/C13H21N3O2/c1-10(2)14-7-5-12(17)16-9-11-4-6-15-13(8-11)18-3/h4,6,8,10,14H,5,7,9H2,1-3H3,(H,16,17). The van der Waals surface area contributed by atoms with Gasteiger partial charge in [-0.1, -0.05) is 13.8 Å². The van der Waals surface area contributed by atoms with Gasteiger partial charge in [0.1, 0.15) is 0 Å². The van der Waals surface area contributed by atoms with Crippen molar-refractivity contribution < 1.29 is 9.53 Å². The monoisotopic (exact) mass is 251 g/mol. The number of methoxy groups -OCH3 is 1. The Bertz CT molecular complexity index is 380. The van der Waals surface area contributed by atoms with Crippen LogP contribution >= 0.6 is 0 Å². The van der Waals surface area contributed by atoms with Crippen LogP contribution in [0.2, 0.25) is 0 Å². The van der Waals surface area contributed by atoms with Gasteiger partial charge in [-0.25, -0.2) is 4.98 Å². The molecule has 0 bridgehead atoms. The van der Waals surface area contributed by atoms with Gasteiger partial charge in [-0.05, 0) is 11.6 Å². The summed E-state index contributed by atoms with van der Waals surface area (Å²) in [5.74, 6) is 0.599. The highest BCUT2D eigenvalue weighted by molar-refractivity contribution is 5.76. The maximum absolute atomic E-state index is 11.6. The Morgan fingerprint density at radius 3 is 2.94 bits per heavy atom. The van der Waals surface area contributed by atoms with Crippen LogP contribution in [0.1, 0.15) is 25.8 Å². The van der Waals surface area contributed by atoms with E-state index < -0.39 is 0 Å². The average molecular weight is 251 g/mol. The molecule has 0 aliphatic rings. The number of carbonyl (C=O) groups is 1. The van der Waals surface area contributed by atoms with E-state index in [4.69, 9.17) is 4.74 Å².